The minimum absolute atomic E-state index is 0.591. The highest BCUT2D eigenvalue weighted by Gasteiger charge is 2.20. The third-order valence-corrected chi connectivity index (χ3v) is 10.5. The van der Waals surface area contributed by atoms with Crippen molar-refractivity contribution < 1.29 is 14.2 Å². The van der Waals surface area contributed by atoms with Gasteiger partial charge >= 0.3 is 0 Å². The van der Waals surface area contributed by atoms with Crippen LogP contribution in [-0.2, 0) is 19.5 Å². The van der Waals surface area contributed by atoms with Crippen LogP contribution in [0.5, 0.6) is 17.2 Å². The van der Waals surface area contributed by atoms with Crippen LogP contribution in [-0.4, -0.2) is 96.4 Å². The van der Waals surface area contributed by atoms with E-state index in [1.165, 1.54) is 11.1 Å². The van der Waals surface area contributed by atoms with Gasteiger partial charge in [0.15, 0.2) is 5.75 Å². The summed E-state index contributed by atoms with van der Waals surface area (Å²) in [5.74, 6) is 3.51. The van der Waals surface area contributed by atoms with Gasteiger partial charge < -0.3 is 28.6 Å². The zero-order chi connectivity index (χ0) is 38.0. The molecule has 53 heavy (non-hydrogen) atoms. The molecule has 1 heterocycles. The van der Waals surface area contributed by atoms with E-state index in [1.54, 1.807) is 0 Å². The summed E-state index contributed by atoms with van der Waals surface area (Å²) >= 11 is 6.12. The number of unbranched alkanes of at least 4 members (excludes halogenated alkanes) is 1. The first-order valence-electron chi connectivity index (χ1n) is 20.3. The molecular weight excluding hydrogens is 682 g/mol. The summed E-state index contributed by atoms with van der Waals surface area (Å²) in [6, 6.07) is 18.8. The van der Waals surface area contributed by atoms with Crippen molar-refractivity contribution in [2.75, 3.05) is 72.2 Å². The number of aromatic nitrogens is 2. The Hall–Kier alpha value is -3.30. The summed E-state index contributed by atoms with van der Waals surface area (Å²) in [5.41, 5.74) is 5.41. The van der Waals surface area contributed by atoms with E-state index in [0.29, 0.717) is 19.8 Å². The molecule has 1 aromatic heterocycles. The molecule has 0 aliphatic rings. The van der Waals surface area contributed by atoms with Crippen molar-refractivity contribution in [3.05, 3.63) is 70.7 Å². The molecule has 0 saturated carbocycles. The quantitative estimate of drug-likeness (QED) is 0.0593. The number of ether oxygens (including phenoxy) is 3. The summed E-state index contributed by atoms with van der Waals surface area (Å²) in [6.45, 7) is 27.3. The van der Waals surface area contributed by atoms with Crippen molar-refractivity contribution in [3.63, 3.8) is 0 Å². The number of benzene rings is 3. The van der Waals surface area contributed by atoms with Crippen LogP contribution in [0.25, 0.3) is 22.4 Å². The number of hydrogen-bond acceptors (Lipinski definition) is 7. The Morgan fingerprint density at radius 1 is 0.642 bits per heavy atom. The summed E-state index contributed by atoms with van der Waals surface area (Å²) in [7, 11) is 0. The molecule has 0 bridgehead atoms. The van der Waals surface area contributed by atoms with E-state index in [9.17, 15) is 0 Å². The third-order valence-electron chi connectivity index (χ3n) is 10.2. The first-order valence-corrected chi connectivity index (χ1v) is 20.7. The molecule has 0 amide bonds. The minimum atomic E-state index is 0.591. The fraction of sp³-hybridized carbons (Fsp3) is 0.568. The van der Waals surface area contributed by atoms with Crippen molar-refractivity contribution in [3.8, 4) is 28.6 Å². The molecular formula is C44H66ClN5O3. The zero-order valence-electron chi connectivity index (χ0n) is 33.8. The summed E-state index contributed by atoms with van der Waals surface area (Å²) in [6.07, 6.45) is 4.88. The maximum atomic E-state index is 6.57. The second-order valence-electron chi connectivity index (χ2n) is 13.7. The van der Waals surface area contributed by atoms with Crippen molar-refractivity contribution in [1.82, 2.24) is 24.3 Å². The number of aryl methyl sites for hydroxylation is 1. The SMILES string of the molecule is CCCCn1c(-c2ccc(OCCc3ccc(Cl)cc3)c(CN(CC)CC)c2)nc2c(OCCCN(CC)CC)cc(OCCCN(CC)CC)cc21. The molecule has 0 N–H and O–H groups in total. The lowest BCUT2D eigenvalue weighted by Crippen LogP contribution is -2.25. The Balaban J connectivity index is 1.70. The Bertz CT molecular complexity index is 1630. The monoisotopic (exact) mass is 747 g/mol. The zero-order valence-corrected chi connectivity index (χ0v) is 34.5. The maximum absolute atomic E-state index is 6.57. The molecule has 0 spiro atoms. The fourth-order valence-electron chi connectivity index (χ4n) is 6.75. The molecule has 0 fully saturated rings. The van der Waals surface area contributed by atoms with Crippen molar-refractivity contribution in [1.29, 1.82) is 0 Å². The first kappa shape index (κ1) is 42.4. The van der Waals surface area contributed by atoms with Gasteiger partial charge in [0.25, 0.3) is 0 Å². The highest BCUT2D eigenvalue weighted by Crippen LogP contribution is 2.37. The number of hydrogen-bond donors (Lipinski definition) is 0. The van der Waals surface area contributed by atoms with Crippen LogP contribution in [0.2, 0.25) is 5.02 Å². The predicted octanol–water partition coefficient (Wildman–Crippen LogP) is 9.84. The molecule has 9 heteroatoms. The van der Waals surface area contributed by atoms with E-state index < -0.39 is 0 Å². The highest BCUT2D eigenvalue weighted by molar-refractivity contribution is 6.30. The van der Waals surface area contributed by atoms with Gasteiger partial charge in [0.2, 0.25) is 0 Å². The summed E-state index contributed by atoms with van der Waals surface area (Å²) in [5, 5.41) is 0.750. The van der Waals surface area contributed by atoms with Crippen molar-refractivity contribution in [2.24, 2.45) is 0 Å². The molecule has 3 aromatic carbocycles. The minimum Gasteiger partial charge on any atom is -0.493 e. The topological polar surface area (TPSA) is 55.2 Å². The Morgan fingerprint density at radius 2 is 1.26 bits per heavy atom. The highest BCUT2D eigenvalue weighted by atomic mass is 35.5. The van der Waals surface area contributed by atoms with Crippen LogP contribution in [0.15, 0.2) is 54.6 Å². The molecule has 0 unspecified atom stereocenters. The van der Waals surface area contributed by atoms with Gasteiger partial charge in [0.1, 0.15) is 22.8 Å². The van der Waals surface area contributed by atoms with Crippen LogP contribution in [0.1, 0.15) is 85.3 Å². The summed E-state index contributed by atoms with van der Waals surface area (Å²) < 4.78 is 21.9. The van der Waals surface area contributed by atoms with Gasteiger partial charge in [0, 0.05) is 60.9 Å². The Kier molecular flexibility index (Phi) is 18.3. The average Bonchev–Trinajstić information content (AvgIpc) is 3.55. The number of nitrogens with zero attached hydrogens (tertiary/aromatic N) is 5. The number of fused-ring (bicyclic) bond motifs is 1. The number of imidazole rings is 1. The first-order chi connectivity index (χ1) is 25.9. The van der Waals surface area contributed by atoms with Crippen LogP contribution >= 0.6 is 11.6 Å². The largest absolute Gasteiger partial charge is 0.493 e. The predicted molar refractivity (Wildman–Crippen MR) is 223 cm³/mol. The molecule has 0 aliphatic carbocycles. The average molecular weight is 748 g/mol. The van der Waals surface area contributed by atoms with E-state index in [2.05, 4.69) is 110 Å². The van der Waals surface area contributed by atoms with Crippen LogP contribution in [0, 0.1) is 0 Å². The lowest BCUT2D eigenvalue weighted by atomic mass is 10.1. The lowest BCUT2D eigenvalue weighted by molar-refractivity contribution is 0.243. The second-order valence-corrected chi connectivity index (χ2v) is 14.1. The van der Waals surface area contributed by atoms with E-state index in [-0.39, 0.29) is 0 Å². The Labute approximate surface area is 325 Å². The second kappa shape index (κ2) is 22.8. The van der Waals surface area contributed by atoms with Gasteiger partial charge in [-0.3, -0.25) is 4.90 Å². The smallest absolute Gasteiger partial charge is 0.150 e. The van der Waals surface area contributed by atoms with E-state index in [0.717, 1.165) is 142 Å². The normalized spacial score (nSPS) is 11.8. The van der Waals surface area contributed by atoms with Crippen LogP contribution in [0.3, 0.4) is 0 Å². The van der Waals surface area contributed by atoms with Gasteiger partial charge in [-0.2, -0.15) is 0 Å². The lowest BCUT2D eigenvalue weighted by Gasteiger charge is -2.21. The molecule has 292 valence electrons. The standard InChI is InChI=1S/C44H66ClN5O3/c1-8-15-27-50-40-32-39(51-28-16-25-47(9-2)10-3)33-42(52-29-17-26-48(11-4)12-5)43(40)46-44(50)36-20-23-41(37(31-36)34-49(13-6)14-7)53-30-24-35-18-21-38(45)22-19-35/h18-23,31-33H,8-17,24-30,34H2,1-7H3. The van der Waals surface area contributed by atoms with Crippen LogP contribution < -0.4 is 14.2 Å². The van der Waals surface area contributed by atoms with Gasteiger partial charge in [-0.05, 0) is 94.4 Å². The van der Waals surface area contributed by atoms with Crippen LogP contribution in [0.4, 0.5) is 0 Å². The van der Waals surface area contributed by atoms with Gasteiger partial charge in [-0.25, -0.2) is 4.98 Å². The number of halogens is 1. The molecule has 0 aliphatic heterocycles. The van der Waals surface area contributed by atoms with Gasteiger partial charge in [0.05, 0.1) is 25.3 Å². The molecule has 4 rings (SSSR count). The third kappa shape index (κ3) is 12.6. The Morgan fingerprint density at radius 3 is 1.89 bits per heavy atom. The van der Waals surface area contributed by atoms with Crippen molar-refractivity contribution in [2.45, 2.75) is 93.7 Å². The molecule has 8 nitrogen and oxygen atoms in total. The van der Waals surface area contributed by atoms with Crippen molar-refractivity contribution >= 4 is 22.6 Å². The van der Waals surface area contributed by atoms with E-state index in [1.807, 2.05) is 12.1 Å². The molecule has 4 aromatic rings. The fourth-order valence-corrected chi connectivity index (χ4v) is 6.88. The maximum Gasteiger partial charge on any atom is 0.150 e. The summed E-state index contributed by atoms with van der Waals surface area (Å²) in [4.78, 5) is 12.7. The molecule has 0 radical (unpaired) electrons. The van der Waals surface area contributed by atoms with Gasteiger partial charge in [-0.15, -0.1) is 0 Å². The molecule has 0 saturated heterocycles. The van der Waals surface area contributed by atoms with E-state index in [4.69, 9.17) is 30.8 Å². The van der Waals surface area contributed by atoms with E-state index >= 15 is 0 Å². The molecule has 0 atom stereocenters. The van der Waals surface area contributed by atoms with Gasteiger partial charge in [-0.1, -0.05) is 78.6 Å². The number of rotatable bonds is 26.